The van der Waals surface area contributed by atoms with Gasteiger partial charge in [-0.15, -0.1) is 0 Å². The quantitative estimate of drug-likeness (QED) is 0.727. The highest BCUT2D eigenvalue weighted by molar-refractivity contribution is 6.99. The lowest BCUT2D eigenvalue weighted by Gasteiger charge is -1.98. The Bertz CT molecular complexity index is 474. The van der Waals surface area contributed by atoms with E-state index in [0.29, 0.717) is 12.1 Å². The van der Waals surface area contributed by atoms with Crippen LogP contribution in [0.5, 0.6) is 0 Å². The summed E-state index contributed by atoms with van der Waals surface area (Å²) in [6.07, 6.45) is 1.82. The van der Waals surface area contributed by atoms with Crippen molar-refractivity contribution in [2.45, 2.75) is 13.3 Å². The number of rotatable bonds is 3. The average molecular weight is 222 g/mol. The van der Waals surface area contributed by atoms with Crippen LogP contribution in [0.25, 0.3) is 0 Å². The number of carbonyl (C=O) groups is 1. The van der Waals surface area contributed by atoms with Gasteiger partial charge in [-0.1, -0.05) is 0 Å². The van der Waals surface area contributed by atoms with E-state index in [-0.39, 0.29) is 5.78 Å². The summed E-state index contributed by atoms with van der Waals surface area (Å²) in [7, 11) is 1.83. The van der Waals surface area contributed by atoms with Gasteiger partial charge in [-0.3, -0.25) is 9.48 Å². The predicted octanol–water partition coefficient (Wildman–Crippen LogP) is 1.01. The van der Waals surface area contributed by atoms with Crippen LogP contribution >= 0.6 is 11.7 Å². The molecule has 2 rings (SSSR count). The Balaban J connectivity index is 2.16. The van der Waals surface area contributed by atoms with Gasteiger partial charge in [-0.25, -0.2) is 0 Å². The van der Waals surface area contributed by atoms with Crippen LogP contribution in [-0.4, -0.2) is 24.3 Å². The van der Waals surface area contributed by atoms with Gasteiger partial charge in [0, 0.05) is 12.7 Å². The summed E-state index contributed by atoms with van der Waals surface area (Å²) in [5.74, 6) is -0.0215. The van der Waals surface area contributed by atoms with Crippen LogP contribution in [0.1, 0.15) is 21.9 Å². The Hall–Kier alpha value is -1.56. The van der Waals surface area contributed by atoms with Crippen molar-refractivity contribution >= 4 is 17.5 Å². The Morgan fingerprint density at radius 2 is 2.40 bits per heavy atom. The number of aryl methyl sites for hydroxylation is 2. The maximum Gasteiger partial charge on any atom is 0.189 e. The molecule has 0 bridgehead atoms. The van der Waals surface area contributed by atoms with E-state index in [4.69, 9.17) is 0 Å². The van der Waals surface area contributed by atoms with Crippen molar-refractivity contribution in [3.8, 4) is 0 Å². The molecule has 0 N–H and O–H groups in total. The molecule has 0 fully saturated rings. The molecule has 0 aliphatic carbocycles. The molecular formula is C9H10N4OS. The van der Waals surface area contributed by atoms with Crippen LogP contribution in [0, 0.1) is 6.92 Å². The maximum absolute atomic E-state index is 11.7. The monoisotopic (exact) mass is 222 g/mol. The zero-order valence-electron chi connectivity index (χ0n) is 8.47. The van der Waals surface area contributed by atoms with E-state index in [1.165, 1.54) is 6.20 Å². The average Bonchev–Trinajstić information content (AvgIpc) is 2.76. The van der Waals surface area contributed by atoms with Crippen molar-refractivity contribution in [2.75, 3.05) is 0 Å². The predicted molar refractivity (Wildman–Crippen MR) is 55.9 cm³/mol. The van der Waals surface area contributed by atoms with Gasteiger partial charge in [-0.05, 0) is 13.0 Å². The largest absolute Gasteiger partial charge is 0.292 e. The number of Topliss-reactive ketones (excluding diaryl/α,β-unsaturated/α-hetero) is 1. The second-order valence-electron chi connectivity index (χ2n) is 3.29. The SMILES string of the molecule is Cc1cc(CC(=O)c2cnsn2)n(C)n1. The van der Waals surface area contributed by atoms with Crippen LogP contribution in [-0.2, 0) is 13.5 Å². The minimum absolute atomic E-state index is 0.0215. The van der Waals surface area contributed by atoms with Crippen molar-refractivity contribution < 1.29 is 4.79 Å². The summed E-state index contributed by atoms with van der Waals surface area (Å²) in [6.45, 7) is 1.90. The summed E-state index contributed by atoms with van der Waals surface area (Å²) in [5, 5.41) is 4.18. The number of ketones is 1. The topological polar surface area (TPSA) is 60.7 Å². The number of aromatic nitrogens is 4. The van der Waals surface area contributed by atoms with E-state index < -0.39 is 0 Å². The second-order valence-corrected chi connectivity index (χ2v) is 3.85. The molecular weight excluding hydrogens is 212 g/mol. The van der Waals surface area contributed by atoms with Gasteiger partial charge in [0.15, 0.2) is 5.78 Å². The summed E-state index contributed by atoms with van der Waals surface area (Å²) in [4.78, 5) is 11.7. The summed E-state index contributed by atoms with van der Waals surface area (Å²) in [5.41, 5.74) is 2.24. The van der Waals surface area contributed by atoms with Crippen molar-refractivity contribution in [3.05, 3.63) is 29.3 Å². The lowest BCUT2D eigenvalue weighted by atomic mass is 10.2. The third kappa shape index (κ3) is 2.10. The highest BCUT2D eigenvalue weighted by Crippen LogP contribution is 2.07. The molecule has 2 heterocycles. The van der Waals surface area contributed by atoms with Gasteiger partial charge in [-0.2, -0.15) is 13.8 Å². The van der Waals surface area contributed by atoms with Crippen LogP contribution in [0.15, 0.2) is 12.3 Å². The van der Waals surface area contributed by atoms with Gasteiger partial charge in [0.2, 0.25) is 0 Å². The number of nitrogens with zero attached hydrogens (tertiary/aromatic N) is 4. The zero-order valence-corrected chi connectivity index (χ0v) is 9.28. The van der Waals surface area contributed by atoms with E-state index >= 15 is 0 Å². The summed E-state index contributed by atoms with van der Waals surface area (Å²) < 4.78 is 9.42. The van der Waals surface area contributed by atoms with Crippen molar-refractivity contribution in [1.29, 1.82) is 0 Å². The van der Waals surface area contributed by atoms with Crippen molar-refractivity contribution in [3.63, 3.8) is 0 Å². The van der Waals surface area contributed by atoms with Gasteiger partial charge >= 0.3 is 0 Å². The normalized spacial score (nSPS) is 10.5. The van der Waals surface area contributed by atoms with Crippen LogP contribution in [0.4, 0.5) is 0 Å². The van der Waals surface area contributed by atoms with Gasteiger partial charge in [0.05, 0.1) is 30.0 Å². The molecule has 2 aromatic rings. The Morgan fingerprint density at radius 3 is 2.93 bits per heavy atom. The fourth-order valence-electron chi connectivity index (χ4n) is 1.37. The molecule has 2 aromatic heterocycles. The number of carbonyl (C=O) groups excluding carboxylic acids is 1. The molecule has 0 aliphatic rings. The first-order valence-electron chi connectivity index (χ1n) is 4.47. The molecule has 5 nitrogen and oxygen atoms in total. The van der Waals surface area contributed by atoms with E-state index in [1.807, 2.05) is 20.0 Å². The minimum atomic E-state index is -0.0215. The number of hydrogen-bond acceptors (Lipinski definition) is 5. The van der Waals surface area contributed by atoms with E-state index in [2.05, 4.69) is 13.8 Å². The molecule has 6 heteroatoms. The van der Waals surface area contributed by atoms with E-state index in [9.17, 15) is 4.79 Å². The first kappa shape index (κ1) is 9.97. The molecule has 0 atom stereocenters. The fraction of sp³-hybridized carbons (Fsp3) is 0.333. The Morgan fingerprint density at radius 1 is 1.60 bits per heavy atom. The first-order chi connectivity index (χ1) is 7.16. The van der Waals surface area contributed by atoms with Gasteiger partial charge in [0.25, 0.3) is 0 Å². The van der Waals surface area contributed by atoms with Crippen LogP contribution in [0.2, 0.25) is 0 Å². The zero-order chi connectivity index (χ0) is 10.8. The molecule has 0 spiro atoms. The smallest absolute Gasteiger partial charge is 0.189 e. The lowest BCUT2D eigenvalue weighted by Crippen LogP contribution is -2.07. The maximum atomic E-state index is 11.7. The molecule has 0 radical (unpaired) electrons. The summed E-state index contributed by atoms with van der Waals surface area (Å²) >= 11 is 1.04. The van der Waals surface area contributed by atoms with Gasteiger partial charge < -0.3 is 0 Å². The molecule has 0 unspecified atom stereocenters. The van der Waals surface area contributed by atoms with Crippen LogP contribution < -0.4 is 0 Å². The molecule has 0 amide bonds. The highest BCUT2D eigenvalue weighted by atomic mass is 32.1. The molecule has 0 aliphatic heterocycles. The second kappa shape index (κ2) is 3.90. The first-order valence-corrected chi connectivity index (χ1v) is 5.20. The fourth-order valence-corrected chi connectivity index (χ4v) is 1.80. The molecule has 0 saturated carbocycles. The molecule has 78 valence electrons. The summed E-state index contributed by atoms with van der Waals surface area (Å²) in [6, 6.07) is 1.90. The molecule has 0 saturated heterocycles. The Kier molecular flexibility index (Phi) is 2.59. The lowest BCUT2D eigenvalue weighted by molar-refractivity contribution is 0.0987. The van der Waals surface area contributed by atoms with Crippen LogP contribution in [0.3, 0.4) is 0 Å². The Labute approximate surface area is 91.1 Å². The highest BCUT2D eigenvalue weighted by Gasteiger charge is 2.12. The van der Waals surface area contributed by atoms with Crippen molar-refractivity contribution in [1.82, 2.24) is 18.5 Å². The number of hydrogen-bond donors (Lipinski definition) is 0. The third-order valence-electron chi connectivity index (χ3n) is 2.09. The minimum Gasteiger partial charge on any atom is -0.292 e. The molecule has 0 aromatic carbocycles. The van der Waals surface area contributed by atoms with E-state index in [0.717, 1.165) is 23.1 Å². The standard InChI is InChI=1S/C9H10N4OS/c1-6-3-7(13(2)11-6)4-9(14)8-5-10-15-12-8/h3,5H,4H2,1-2H3. The van der Waals surface area contributed by atoms with Gasteiger partial charge in [0.1, 0.15) is 5.69 Å². The van der Waals surface area contributed by atoms with E-state index in [1.54, 1.807) is 4.68 Å². The molecule has 15 heavy (non-hydrogen) atoms. The third-order valence-corrected chi connectivity index (χ3v) is 2.57. The van der Waals surface area contributed by atoms with Crippen molar-refractivity contribution in [2.24, 2.45) is 7.05 Å².